The minimum absolute atomic E-state index is 0.184. The van der Waals surface area contributed by atoms with Crippen molar-refractivity contribution < 1.29 is 22.7 Å². The van der Waals surface area contributed by atoms with Gasteiger partial charge in [-0.1, -0.05) is 6.07 Å². The van der Waals surface area contributed by atoms with E-state index in [4.69, 9.17) is 5.11 Å². The van der Waals surface area contributed by atoms with Crippen LogP contribution in [0.1, 0.15) is 12.0 Å². The molecule has 0 saturated carbocycles. The van der Waals surface area contributed by atoms with Crippen LogP contribution in [-0.2, 0) is 20.4 Å². The SMILES string of the molecule is O=C(O)CCS(=O)(=O)Cc1ccc(F)c(Br)c1. The molecule has 0 aliphatic carbocycles. The fourth-order valence-corrected chi connectivity index (χ4v) is 2.94. The van der Waals surface area contributed by atoms with Crippen molar-refractivity contribution in [3.05, 3.63) is 34.1 Å². The fraction of sp³-hybridized carbons (Fsp3) is 0.300. The maximum Gasteiger partial charge on any atom is 0.304 e. The highest BCUT2D eigenvalue weighted by atomic mass is 79.9. The van der Waals surface area contributed by atoms with Gasteiger partial charge in [-0.2, -0.15) is 0 Å². The molecule has 94 valence electrons. The Balaban J connectivity index is 2.76. The first-order valence-corrected chi connectivity index (χ1v) is 7.28. The summed E-state index contributed by atoms with van der Waals surface area (Å²) < 4.78 is 36.2. The van der Waals surface area contributed by atoms with Crippen molar-refractivity contribution in [2.45, 2.75) is 12.2 Å². The average Bonchev–Trinajstić information content (AvgIpc) is 2.21. The molecule has 0 atom stereocenters. The van der Waals surface area contributed by atoms with Gasteiger partial charge in [0.1, 0.15) is 5.82 Å². The Morgan fingerprint density at radius 1 is 1.41 bits per heavy atom. The quantitative estimate of drug-likeness (QED) is 0.898. The molecule has 0 spiro atoms. The molecule has 1 rings (SSSR count). The smallest absolute Gasteiger partial charge is 0.304 e. The van der Waals surface area contributed by atoms with E-state index in [1.165, 1.54) is 12.1 Å². The van der Waals surface area contributed by atoms with Gasteiger partial charge < -0.3 is 5.11 Å². The molecule has 0 fully saturated rings. The molecule has 1 N–H and O–H groups in total. The minimum atomic E-state index is -3.48. The number of carboxylic acids is 1. The molecule has 0 unspecified atom stereocenters. The zero-order valence-corrected chi connectivity index (χ0v) is 11.1. The molecule has 0 aromatic heterocycles. The van der Waals surface area contributed by atoms with Gasteiger partial charge in [0.25, 0.3) is 0 Å². The number of carboxylic acid groups (broad SMARTS) is 1. The van der Waals surface area contributed by atoms with Crippen molar-refractivity contribution in [1.82, 2.24) is 0 Å². The number of halogens is 2. The summed E-state index contributed by atoms with van der Waals surface area (Å²) in [5.41, 5.74) is 0.420. The molecule has 0 saturated heterocycles. The van der Waals surface area contributed by atoms with Crippen molar-refractivity contribution in [1.29, 1.82) is 0 Å². The van der Waals surface area contributed by atoms with Crippen LogP contribution in [0.15, 0.2) is 22.7 Å². The Hall–Kier alpha value is -0.950. The predicted octanol–water partition coefficient (Wildman–Crippen LogP) is 1.98. The molecule has 0 radical (unpaired) electrons. The third-order valence-electron chi connectivity index (χ3n) is 2.00. The number of benzene rings is 1. The molecule has 17 heavy (non-hydrogen) atoms. The highest BCUT2D eigenvalue weighted by molar-refractivity contribution is 9.10. The largest absolute Gasteiger partial charge is 0.481 e. The molecule has 0 amide bonds. The van der Waals surface area contributed by atoms with E-state index in [1.54, 1.807) is 0 Å². The Morgan fingerprint density at radius 2 is 2.06 bits per heavy atom. The third-order valence-corrected chi connectivity index (χ3v) is 4.20. The van der Waals surface area contributed by atoms with E-state index in [9.17, 15) is 17.6 Å². The molecular weight excluding hydrogens is 315 g/mol. The van der Waals surface area contributed by atoms with Crippen LogP contribution in [0.3, 0.4) is 0 Å². The van der Waals surface area contributed by atoms with Gasteiger partial charge in [-0.3, -0.25) is 4.79 Å². The van der Waals surface area contributed by atoms with Crippen LogP contribution in [-0.4, -0.2) is 25.2 Å². The van der Waals surface area contributed by atoms with Crippen LogP contribution in [0.25, 0.3) is 0 Å². The first kappa shape index (κ1) is 14.1. The average molecular weight is 325 g/mol. The molecule has 0 bridgehead atoms. The zero-order valence-electron chi connectivity index (χ0n) is 8.69. The number of hydrogen-bond donors (Lipinski definition) is 1. The first-order chi connectivity index (χ1) is 7.80. The molecular formula is C10H10BrFO4S. The topological polar surface area (TPSA) is 71.4 Å². The van der Waals surface area contributed by atoms with Crippen molar-refractivity contribution >= 4 is 31.7 Å². The van der Waals surface area contributed by atoms with Gasteiger partial charge in [0.2, 0.25) is 0 Å². The van der Waals surface area contributed by atoms with E-state index in [1.807, 2.05) is 0 Å². The third kappa shape index (κ3) is 4.82. The van der Waals surface area contributed by atoms with E-state index in [0.29, 0.717) is 5.56 Å². The Bertz CT molecular complexity index is 527. The van der Waals surface area contributed by atoms with Crippen LogP contribution in [0.4, 0.5) is 4.39 Å². The van der Waals surface area contributed by atoms with Gasteiger partial charge in [-0.15, -0.1) is 0 Å². The van der Waals surface area contributed by atoms with Crippen molar-refractivity contribution in [2.24, 2.45) is 0 Å². The maximum atomic E-state index is 12.9. The van der Waals surface area contributed by atoms with Crippen LogP contribution in [0.2, 0.25) is 0 Å². The molecule has 1 aromatic rings. The van der Waals surface area contributed by atoms with E-state index in [0.717, 1.165) is 6.07 Å². The van der Waals surface area contributed by atoms with Gasteiger partial charge >= 0.3 is 5.97 Å². The molecule has 0 aliphatic heterocycles. The number of aliphatic carboxylic acids is 1. The number of hydrogen-bond acceptors (Lipinski definition) is 3. The summed E-state index contributed by atoms with van der Waals surface area (Å²) in [6, 6.07) is 3.89. The van der Waals surface area contributed by atoms with E-state index in [2.05, 4.69) is 15.9 Å². The van der Waals surface area contributed by atoms with E-state index in [-0.39, 0.29) is 10.2 Å². The summed E-state index contributed by atoms with van der Waals surface area (Å²) in [5, 5.41) is 8.40. The maximum absolute atomic E-state index is 12.9. The normalized spacial score (nSPS) is 11.4. The second kappa shape index (κ2) is 5.59. The summed E-state index contributed by atoms with van der Waals surface area (Å²) in [4.78, 5) is 10.3. The van der Waals surface area contributed by atoms with Gasteiger partial charge in [-0.25, -0.2) is 12.8 Å². The molecule has 0 heterocycles. The van der Waals surface area contributed by atoms with Crippen LogP contribution < -0.4 is 0 Å². The second-order valence-corrected chi connectivity index (χ2v) is 6.52. The number of rotatable bonds is 5. The van der Waals surface area contributed by atoms with E-state index < -0.39 is 33.8 Å². The van der Waals surface area contributed by atoms with Gasteiger partial charge in [0.05, 0.1) is 22.4 Å². The fourth-order valence-electron chi connectivity index (χ4n) is 1.20. The Morgan fingerprint density at radius 3 is 2.59 bits per heavy atom. The lowest BCUT2D eigenvalue weighted by atomic mass is 10.2. The van der Waals surface area contributed by atoms with Crippen LogP contribution in [0.5, 0.6) is 0 Å². The molecule has 1 aromatic carbocycles. The molecule has 0 aliphatic rings. The van der Waals surface area contributed by atoms with Crippen molar-refractivity contribution in [2.75, 3.05) is 5.75 Å². The molecule has 7 heteroatoms. The number of carbonyl (C=O) groups is 1. The Labute approximate surface area is 107 Å². The lowest BCUT2D eigenvalue weighted by Gasteiger charge is -2.04. The van der Waals surface area contributed by atoms with Crippen molar-refractivity contribution in [3.8, 4) is 0 Å². The zero-order chi connectivity index (χ0) is 13.1. The van der Waals surface area contributed by atoms with Gasteiger partial charge in [0, 0.05) is 0 Å². The van der Waals surface area contributed by atoms with E-state index >= 15 is 0 Å². The lowest BCUT2D eigenvalue weighted by Crippen LogP contribution is -2.12. The van der Waals surface area contributed by atoms with Crippen LogP contribution in [0, 0.1) is 5.82 Å². The summed E-state index contributed by atoms with van der Waals surface area (Å²) in [5.74, 6) is -2.35. The highest BCUT2D eigenvalue weighted by Gasteiger charge is 2.14. The molecule has 4 nitrogen and oxygen atoms in total. The highest BCUT2D eigenvalue weighted by Crippen LogP contribution is 2.18. The van der Waals surface area contributed by atoms with Crippen LogP contribution >= 0.6 is 15.9 Å². The number of sulfone groups is 1. The minimum Gasteiger partial charge on any atom is -0.481 e. The van der Waals surface area contributed by atoms with Gasteiger partial charge in [0.15, 0.2) is 9.84 Å². The standard InChI is InChI=1S/C10H10BrFO4S/c11-8-5-7(1-2-9(8)12)6-17(15,16)4-3-10(13)14/h1-2,5H,3-4,6H2,(H,13,14). The van der Waals surface area contributed by atoms with Gasteiger partial charge in [-0.05, 0) is 33.6 Å². The monoisotopic (exact) mass is 324 g/mol. The first-order valence-electron chi connectivity index (χ1n) is 4.66. The summed E-state index contributed by atoms with van der Waals surface area (Å²) in [7, 11) is -3.48. The second-order valence-electron chi connectivity index (χ2n) is 3.48. The van der Waals surface area contributed by atoms with Crippen molar-refractivity contribution in [3.63, 3.8) is 0 Å². The summed E-state index contributed by atoms with van der Waals surface area (Å²) in [6.07, 6.45) is -0.426. The summed E-state index contributed by atoms with van der Waals surface area (Å²) in [6.45, 7) is 0. The lowest BCUT2D eigenvalue weighted by molar-refractivity contribution is -0.136. The summed E-state index contributed by atoms with van der Waals surface area (Å²) >= 11 is 2.95. The predicted molar refractivity (Wildman–Crippen MR) is 63.8 cm³/mol. The Kier molecular flexibility index (Phi) is 4.64.